The molecule has 3 rings (SSSR count). The van der Waals surface area contributed by atoms with E-state index in [2.05, 4.69) is 15.8 Å². The molecule has 0 aliphatic heterocycles. The van der Waals surface area contributed by atoms with Crippen molar-refractivity contribution in [3.63, 3.8) is 0 Å². The standard InChI is InChI=1S/C22H24ClN3O3S/c1-28-20-13-15(14-24-26-22(30)25-16-7-3-2-4-8-16)11-12-19(20)29-21(27)17-9-5-6-10-18(17)23/h5-6,9-14,16H,2-4,7-8H2,1H3,(H2,25,26,30)/b24-14+. The maximum absolute atomic E-state index is 12.4. The first-order chi connectivity index (χ1) is 14.6. The number of rotatable bonds is 6. The third kappa shape index (κ3) is 6.18. The average Bonchev–Trinajstić information content (AvgIpc) is 2.75. The van der Waals surface area contributed by atoms with Gasteiger partial charge in [0.15, 0.2) is 16.6 Å². The first kappa shape index (κ1) is 22.1. The van der Waals surface area contributed by atoms with Gasteiger partial charge >= 0.3 is 5.97 Å². The van der Waals surface area contributed by atoms with E-state index in [0.29, 0.717) is 27.7 Å². The predicted molar refractivity (Wildman–Crippen MR) is 123 cm³/mol. The van der Waals surface area contributed by atoms with Crippen molar-refractivity contribution in [2.75, 3.05) is 7.11 Å². The Bertz CT molecular complexity index is 930. The Morgan fingerprint density at radius 3 is 2.67 bits per heavy atom. The van der Waals surface area contributed by atoms with Gasteiger partial charge in [0.25, 0.3) is 0 Å². The monoisotopic (exact) mass is 445 g/mol. The summed E-state index contributed by atoms with van der Waals surface area (Å²) < 4.78 is 10.8. The molecule has 2 aromatic rings. The highest BCUT2D eigenvalue weighted by atomic mass is 35.5. The maximum Gasteiger partial charge on any atom is 0.345 e. The normalized spacial score (nSPS) is 14.3. The van der Waals surface area contributed by atoms with Crippen molar-refractivity contribution in [1.29, 1.82) is 0 Å². The van der Waals surface area contributed by atoms with Crippen molar-refractivity contribution in [2.45, 2.75) is 38.1 Å². The van der Waals surface area contributed by atoms with Gasteiger partial charge in [-0.25, -0.2) is 4.79 Å². The first-order valence-corrected chi connectivity index (χ1v) is 10.6. The number of carbonyl (C=O) groups excluding carboxylic acids is 1. The summed E-state index contributed by atoms with van der Waals surface area (Å²) in [6, 6.07) is 12.3. The molecule has 0 atom stereocenters. The molecule has 1 aliphatic carbocycles. The fourth-order valence-corrected chi connectivity index (χ4v) is 3.69. The third-order valence-corrected chi connectivity index (χ3v) is 5.34. The molecule has 8 heteroatoms. The van der Waals surface area contributed by atoms with E-state index in [9.17, 15) is 4.79 Å². The molecule has 0 saturated heterocycles. The molecular weight excluding hydrogens is 422 g/mol. The average molecular weight is 446 g/mol. The number of halogens is 1. The number of thiocarbonyl (C=S) groups is 1. The molecule has 0 unspecified atom stereocenters. The van der Waals surface area contributed by atoms with E-state index in [4.69, 9.17) is 33.3 Å². The number of nitrogens with zero attached hydrogens (tertiary/aromatic N) is 1. The van der Waals surface area contributed by atoms with E-state index in [1.165, 1.54) is 26.4 Å². The molecular formula is C22H24ClN3O3S. The van der Waals surface area contributed by atoms with Crippen LogP contribution < -0.4 is 20.2 Å². The topological polar surface area (TPSA) is 71.9 Å². The second-order valence-corrected chi connectivity index (χ2v) is 7.77. The Morgan fingerprint density at radius 1 is 1.17 bits per heavy atom. The zero-order chi connectivity index (χ0) is 21.3. The summed E-state index contributed by atoms with van der Waals surface area (Å²) in [4.78, 5) is 12.4. The van der Waals surface area contributed by atoms with Crippen LogP contribution in [0, 0.1) is 0 Å². The van der Waals surface area contributed by atoms with Crippen LogP contribution in [0.1, 0.15) is 48.0 Å². The number of ether oxygens (including phenoxy) is 2. The Balaban J connectivity index is 1.59. The van der Waals surface area contributed by atoms with Gasteiger partial charge < -0.3 is 14.8 Å². The lowest BCUT2D eigenvalue weighted by molar-refractivity contribution is 0.0730. The molecule has 0 bridgehead atoms. The molecule has 0 radical (unpaired) electrons. The van der Waals surface area contributed by atoms with Crippen molar-refractivity contribution in [1.82, 2.24) is 10.7 Å². The number of methoxy groups -OCH3 is 1. The summed E-state index contributed by atoms with van der Waals surface area (Å²) in [6.07, 6.45) is 7.65. The number of carbonyl (C=O) groups is 1. The van der Waals surface area contributed by atoms with Crippen LogP contribution in [0.25, 0.3) is 0 Å². The van der Waals surface area contributed by atoms with Crippen LogP contribution in [0.3, 0.4) is 0 Å². The summed E-state index contributed by atoms with van der Waals surface area (Å²) in [6.45, 7) is 0. The van der Waals surface area contributed by atoms with Gasteiger partial charge in [-0.2, -0.15) is 5.10 Å². The minimum Gasteiger partial charge on any atom is -0.493 e. The predicted octanol–water partition coefficient (Wildman–Crippen LogP) is 4.70. The van der Waals surface area contributed by atoms with E-state index in [1.807, 2.05) is 0 Å². The molecule has 1 aliphatic rings. The first-order valence-electron chi connectivity index (χ1n) is 9.81. The van der Waals surface area contributed by atoms with Crippen molar-refractivity contribution in [3.05, 3.63) is 58.6 Å². The zero-order valence-corrected chi connectivity index (χ0v) is 18.3. The number of hydrogen-bond donors (Lipinski definition) is 2. The Labute approximate surface area is 186 Å². The quantitative estimate of drug-likeness (QED) is 0.221. The molecule has 2 N–H and O–H groups in total. The SMILES string of the molecule is COc1cc(/C=N/NC(=S)NC2CCCCC2)ccc1OC(=O)c1ccccc1Cl. The van der Waals surface area contributed by atoms with Crippen LogP contribution in [-0.4, -0.2) is 30.4 Å². The smallest absolute Gasteiger partial charge is 0.345 e. The molecule has 1 saturated carbocycles. The fraction of sp³-hybridized carbons (Fsp3) is 0.318. The van der Waals surface area contributed by atoms with Gasteiger partial charge in [0, 0.05) is 6.04 Å². The van der Waals surface area contributed by atoms with E-state index >= 15 is 0 Å². The van der Waals surface area contributed by atoms with Gasteiger partial charge in [-0.05, 0) is 61.0 Å². The van der Waals surface area contributed by atoms with Crippen LogP contribution in [0.2, 0.25) is 5.02 Å². The molecule has 158 valence electrons. The van der Waals surface area contributed by atoms with Crippen molar-refractivity contribution < 1.29 is 14.3 Å². The van der Waals surface area contributed by atoms with Crippen LogP contribution in [0.15, 0.2) is 47.6 Å². The van der Waals surface area contributed by atoms with Crippen LogP contribution in [0.4, 0.5) is 0 Å². The molecule has 1 fully saturated rings. The second kappa shape index (κ2) is 10.9. The maximum atomic E-state index is 12.4. The number of benzene rings is 2. The molecule has 0 amide bonds. The highest BCUT2D eigenvalue weighted by molar-refractivity contribution is 7.80. The van der Waals surface area contributed by atoms with Crippen LogP contribution in [-0.2, 0) is 0 Å². The lowest BCUT2D eigenvalue weighted by Crippen LogP contribution is -2.40. The highest BCUT2D eigenvalue weighted by Crippen LogP contribution is 2.29. The van der Waals surface area contributed by atoms with Gasteiger partial charge in [0.1, 0.15) is 0 Å². The van der Waals surface area contributed by atoms with Gasteiger partial charge in [0.05, 0.1) is 23.9 Å². The summed E-state index contributed by atoms with van der Waals surface area (Å²) in [5.74, 6) is 0.144. The number of hydrogen-bond acceptors (Lipinski definition) is 5. The Hall–Kier alpha value is -2.64. The lowest BCUT2D eigenvalue weighted by atomic mass is 9.96. The van der Waals surface area contributed by atoms with E-state index < -0.39 is 5.97 Å². The van der Waals surface area contributed by atoms with Gasteiger partial charge in [-0.15, -0.1) is 0 Å². The summed E-state index contributed by atoms with van der Waals surface area (Å²) in [7, 11) is 1.50. The van der Waals surface area contributed by atoms with Crippen molar-refractivity contribution in [3.8, 4) is 11.5 Å². The fourth-order valence-electron chi connectivity index (χ4n) is 3.26. The number of nitrogens with one attached hydrogen (secondary N) is 2. The highest BCUT2D eigenvalue weighted by Gasteiger charge is 2.16. The van der Waals surface area contributed by atoms with Gasteiger partial charge in [-0.3, -0.25) is 5.43 Å². The van der Waals surface area contributed by atoms with E-state index in [0.717, 1.165) is 18.4 Å². The zero-order valence-electron chi connectivity index (χ0n) is 16.7. The van der Waals surface area contributed by atoms with Crippen LogP contribution in [0.5, 0.6) is 11.5 Å². The second-order valence-electron chi connectivity index (χ2n) is 6.96. The minimum absolute atomic E-state index is 0.287. The molecule has 6 nitrogen and oxygen atoms in total. The summed E-state index contributed by atoms with van der Waals surface area (Å²) >= 11 is 11.4. The Kier molecular flexibility index (Phi) is 8.04. The minimum atomic E-state index is -0.555. The Morgan fingerprint density at radius 2 is 1.93 bits per heavy atom. The molecule has 0 aromatic heterocycles. The van der Waals surface area contributed by atoms with E-state index in [-0.39, 0.29) is 5.56 Å². The molecule has 30 heavy (non-hydrogen) atoms. The molecule has 2 aromatic carbocycles. The summed E-state index contributed by atoms with van der Waals surface area (Å²) in [5, 5.41) is 8.30. The van der Waals surface area contributed by atoms with E-state index in [1.54, 1.807) is 48.7 Å². The molecule has 0 spiro atoms. The van der Waals surface area contributed by atoms with Crippen molar-refractivity contribution in [2.24, 2.45) is 5.10 Å². The van der Waals surface area contributed by atoms with Gasteiger partial charge in [0.2, 0.25) is 0 Å². The molecule has 0 heterocycles. The largest absolute Gasteiger partial charge is 0.493 e. The number of esters is 1. The van der Waals surface area contributed by atoms with Gasteiger partial charge in [-0.1, -0.05) is 43.0 Å². The van der Waals surface area contributed by atoms with Crippen molar-refractivity contribution >= 4 is 41.1 Å². The third-order valence-electron chi connectivity index (χ3n) is 4.80. The summed E-state index contributed by atoms with van der Waals surface area (Å²) in [5.41, 5.74) is 3.89. The lowest BCUT2D eigenvalue weighted by Gasteiger charge is -2.23. The number of hydrazone groups is 1. The van der Waals surface area contributed by atoms with Crippen LogP contribution >= 0.6 is 23.8 Å².